The van der Waals surface area contributed by atoms with Crippen molar-refractivity contribution < 1.29 is 163 Å². The minimum Gasteiger partial charge on any atom is -0.394 e. The van der Waals surface area contributed by atoms with Gasteiger partial charge in [-0.1, -0.05) is 0 Å². The predicted octanol–water partition coefficient (Wildman–Crippen LogP) is -13.3. The van der Waals surface area contributed by atoms with Gasteiger partial charge in [0.15, 0.2) is 50.3 Å². The summed E-state index contributed by atoms with van der Waals surface area (Å²) in [5.74, 6) is 0. The smallest absolute Gasteiger partial charge is 0.187 e. The number of aliphatic hydroxyl groups is 18. The van der Waals surface area contributed by atoms with E-state index in [1.165, 1.54) is 0 Å². The highest BCUT2D eigenvalue weighted by Gasteiger charge is 2.57. The number of ether oxygens (including phenoxy) is 15. The van der Waals surface area contributed by atoms with Gasteiger partial charge in [-0.25, -0.2) is 0 Å². The van der Waals surface area contributed by atoms with E-state index in [2.05, 4.69) is 0 Å². The predicted molar refractivity (Wildman–Crippen MR) is 216 cm³/mol. The van der Waals surface area contributed by atoms with E-state index in [-0.39, 0.29) is 0 Å². The molecular weight excluding hydrogens is 1010 g/mol. The molecule has 0 spiro atoms. The van der Waals surface area contributed by atoms with E-state index in [1.54, 1.807) is 0 Å². The summed E-state index contributed by atoms with van der Waals surface area (Å²) in [6.07, 6.45) is -55.7. The summed E-state index contributed by atoms with van der Waals surface area (Å²) in [4.78, 5) is 0. The zero-order chi connectivity index (χ0) is 52.7. The fourth-order valence-corrected chi connectivity index (χ4v) is 9.34. The Morgan fingerprint density at radius 2 is 0.616 bits per heavy atom. The lowest BCUT2D eigenvalue weighted by Gasteiger charge is -2.48. The maximum atomic E-state index is 12.0. The van der Waals surface area contributed by atoms with Gasteiger partial charge in [0.05, 0.1) is 52.9 Å². The summed E-state index contributed by atoms with van der Waals surface area (Å²) in [5.41, 5.74) is 0. The highest BCUT2D eigenvalue weighted by atomic mass is 16.8. The largest absolute Gasteiger partial charge is 0.394 e. The molecule has 0 aliphatic carbocycles. The van der Waals surface area contributed by atoms with E-state index in [1.807, 2.05) is 0 Å². The Labute approximate surface area is 412 Å². The van der Waals surface area contributed by atoms with Gasteiger partial charge in [0.1, 0.15) is 146 Å². The number of rotatable bonds is 17. The molecule has 8 aliphatic heterocycles. The Bertz CT molecular complexity index is 1710. The van der Waals surface area contributed by atoms with Crippen molar-refractivity contribution in [3.63, 3.8) is 0 Å². The third kappa shape index (κ3) is 12.1. The average molecular weight is 1070 g/mol. The topological polar surface area (TPSA) is 503 Å². The van der Waals surface area contributed by atoms with E-state index < -0.39 is 250 Å². The molecule has 33 heteroatoms. The molecule has 0 saturated carbocycles. The Morgan fingerprint density at radius 1 is 0.274 bits per heavy atom. The standard InChI is InChI=1S/C40H66O33/c41-1-10-18(46)26(54)37(64-10)71-30-15(7-62-36(29(30)57)68-14-6-61-35(25(53)22(14)50)67-13-5-59-33(58)23(51)21(13)49)70-40-32(73-39-28(56)20(48)12(3-43)66-39)31(72-38-27(55)19(47)11(2-42)65-38)16(8-63-40)69-34-24(52)17(45)9(44)4-60-34/h9-58H,1-8H2/t9-,10+,11+,12+,13-,14-,15-,16-,17+,18+,19+,20+,21+,22+,23-,24-,25-,26-,27-,28-,29-,30+,31+,32-,33?,34+,35+,36+,37+,38+,39+,40+/m1/s1. The highest BCUT2D eigenvalue weighted by Crippen LogP contribution is 2.38. The van der Waals surface area contributed by atoms with Crippen LogP contribution < -0.4 is 0 Å². The molecule has 1 unspecified atom stereocenters. The molecule has 424 valence electrons. The third-order valence-corrected chi connectivity index (χ3v) is 13.7. The Balaban J connectivity index is 1.05. The zero-order valence-corrected chi connectivity index (χ0v) is 38.3. The van der Waals surface area contributed by atoms with Crippen molar-refractivity contribution in [2.75, 3.05) is 52.9 Å². The first-order chi connectivity index (χ1) is 34.8. The van der Waals surface area contributed by atoms with E-state index in [0.717, 1.165) is 0 Å². The molecule has 32 atom stereocenters. The second kappa shape index (κ2) is 24.8. The van der Waals surface area contributed by atoms with Crippen LogP contribution in [0.25, 0.3) is 0 Å². The van der Waals surface area contributed by atoms with Crippen molar-refractivity contribution in [2.45, 2.75) is 197 Å². The van der Waals surface area contributed by atoms with Crippen LogP contribution >= 0.6 is 0 Å². The summed E-state index contributed by atoms with van der Waals surface area (Å²) in [6.45, 7) is -5.38. The quantitative estimate of drug-likeness (QED) is 0.0643. The second-order valence-electron chi connectivity index (χ2n) is 18.7. The van der Waals surface area contributed by atoms with Crippen molar-refractivity contribution in [1.82, 2.24) is 0 Å². The van der Waals surface area contributed by atoms with Gasteiger partial charge in [0.2, 0.25) is 0 Å². The number of aliphatic hydroxyl groups excluding tert-OH is 18. The van der Waals surface area contributed by atoms with E-state index in [9.17, 15) is 91.9 Å². The molecular formula is C40H66O33. The summed E-state index contributed by atoms with van der Waals surface area (Å²) in [5, 5.41) is 190. The molecule has 8 rings (SSSR count). The minimum absolute atomic E-state index is 0.446. The van der Waals surface area contributed by atoms with Crippen molar-refractivity contribution in [2.24, 2.45) is 0 Å². The summed E-state index contributed by atoms with van der Waals surface area (Å²) in [6, 6.07) is 0. The normalized spacial score (nSPS) is 54.0. The fourth-order valence-electron chi connectivity index (χ4n) is 9.34. The molecule has 0 radical (unpaired) electrons. The van der Waals surface area contributed by atoms with Crippen molar-refractivity contribution >= 4 is 0 Å². The summed E-state index contributed by atoms with van der Waals surface area (Å²) < 4.78 is 86.6. The summed E-state index contributed by atoms with van der Waals surface area (Å²) in [7, 11) is 0. The number of hydrogen-bond donors (Lipinski definition) is 18. The molecule has 8 fully saturated rings. The molecule has 0 aromatic carbocycles. The monoisotopic (exact) mass is 1070 g/mol. The van der Waals surface area contributed by atoms with Crippen molar-refractivity contribution in [3.05, 3.63) is 0 Å². The van der Waals surface area contributed by atoms with Crippen molar-refractivity contribution in [1.29, 1.82) is 0 Å². The summed E-state index contributed by atoms with van der Waals surface area (Å²) >= 11 is 0. The molecule has 8 heterocycles. The zero-order valence-electron chi connectivity index (χ0n) is 38.3. The molecule has 18 N–H and O–H groups in total. The lowest BCUT2D eigenvalue weighted by atomic mass is 10.0. The van der Waals surface area contributed by atoms with Crippen LogP contribution in [0.5, 0.6) is 0 Å². The first kappa shape index (κ1) is 57.8. The van der Waals surface area contributed by atoms with E-state index in [4.69, 9.17) is 71.1 Å². The molecule has 33 nitrogen and oxygen atoms in total. The molecule has 0 amide bonds. The van der Waals surface area contributed by atoms with Gasteiger partial charge in [-0.05, 0) is 0 Å². The molecule has 0 aromatic heterocycles. The van der Waals surface area contributed by atoms with Crippen LogP contribution in [0, 0.1) is 0 Å². The molecule has 8 aliphatic rings. The maximum absolute atomic E-state index is 12.0. The lowest BCUT2D eigenvalue weighted by molar-refractivity contribution is -0.389. The second-order valence-corrected chi connectivity index (χ2v) is 18.7. The van der Waals surface area contributed by atoms with Gasteiger partial charge >= 0.3 is 0 Å². The van der Waals surface area contributed by atoms with Gasteiger partial charge in [-0.2, -0.15) is 0 Å². The van der Waals surface area contributed by atoms with E-state index in [0.29, 0.717) is 0 Å². The maximum Gasteiger partial charge on any atom is 0.187 e. The molecule has 0 aromatic rings. The Kier molecular flexibility index (Phi) is 19.6. The third-order valence-electron chi connectivity index (χ3n) is 13.7. The van der Waals surface area contributed by atoms with Gasteiger partial charge in [0, 0.05) is 0 Å². The van der Waals surface area contributed by atoms with Gasteiger partial charge < -0.3 is 163 Å². The van der Waals surface area contributed by atoms with Gasteiger partial charge in [0.25, 0.3) is 0 Å². The average Bonchev–Trinajstić information content (AvgIpc) is 3.93. The lowest BCUT2D eigenvalue weighted by Crippen LogP contribution is -2.65. The fraction of sp³-hybridized carbons (Fsp3) is 1.00. The van der Waals surface area contributed by atoms with Crippen LogP contribution in [0.15, 0.2) is 0 Å². The van der Waals surface area contributed by atoms with Crippen LogP contribution in [0.1, 0.15) is 0 Å². The molecule has 0 bridgehead atoms. The molecule has 8 saturated heterocycles. The van der Waals surface area contributed by atoms with Crippen LogP contribution in [0.3, 0.4) is 0 Å². The minimum atomic E-state index is -2.07. The van der Waals surface area contributed by atoms with Crippen LogP contribution in [-0.2, 0) is 71.1 Å². The van der Waals surface area contributed by atoms with Crippen LogP contribution in [0.4, 0.5) is 0 Å². The SMILES string of the molecule is OC[C@@H]1O[C@@H](O[C@@H]2[C@@H](O)[C@H](O[C@@H]3CO[C@@H](O[C@@H]4COC(O)[C@H](O)[C@H]4O)[C@H](O)[C@H]3O)OC[C@H]2O[C@@H]2OC[C@@H](O[C@@H]3OC[C@@H](O)[C@H](O)[C@H]3O)[C@H](O[C@@H]3O[C@@H](CO)[C@H](O)[C@H]3O)[C@H]2O[C@@H]2O[C@@H](CO)[C@H](O)[C@H]2O)[C@H](O)[C@H]1O. The van der Waals surface area contributed by atoms with Crippen molar-refractivity contribution in [3.8, 4) is 0 Å². The first-order valence-electron chi connectivity index (χ1n) is 23.4. The van der Waals surface area contributed by atoms with Gasteiger partial charge in [-0.3, -0.25) is 0 Å². The molecule has 73 heavy (non-hydrogen) atoms. The number of hydrogen-bond acceptors (Lipinski definition) is 33. The highest BCUT2D eigenvalue weighted by molar-refractivity contribution is 4.98. The van der Waals surface area contributed by atoms with E-state index >= 15 is 0 Å². The van der Waals surface area contributed by atoms with Crippen LogP contribution in [0.2, 0.25) is 0 Å². The Hall–Kier alpha value is -1.32. The van der Waals surface area contributed by atoms with Gasteiger partial charge in [-0.15, -0.1) is 0 Å². The first-order valence-corrected chi connectivity index (χ1v) is 23.4. The van der Waals surface area contributed by atoms with Crippen LogP contribution in [-0.4, -0.2) is 342 Å². The Morgan fingerprint density at radius 3 is 1.11 bits per heavy atom.